The second-order valence-corrected chi connectivity index (χ2v) is 8.06. The van der Waals surface area contributed by atoms with Crippen molar-refractivity contribution in [1.29, 1.82) is 0 Å². The maximum absolute atomic E-state index is 13.1. The highest BCUT2D eigenvalue weighted by atomic mass is 35.5. The Morgan fingerprint density at radius 3 is 2.72 bits per heavy atom. The van der Waals surface area contributed by atoms with Gasteiger partial charge in [0, 0.05) is 11.6 Å². The van der Waals surface area contributed by atoms with Gasteiger partial charge in [0.15, 0.2) is 0 Å². The predicted molar refractivity (Wildman–Crippen MR) is 118 cm³/mol. The van der Waals surface area contributed by atoms with E-state index in [9.17, 15) is 4.79 Å². The molecule has 2 heterocycles. The highest BCUT2D eigenvalue weighted by Crippen LogP contribution is 2.31. The van der Waals surface area contributed by atoms with Crippen LogP contribution < -0.4 is 5.32 Å². The molecule has 142 valence electrons. The third-order valence-corrected chi connectivity index (χ3v) is 5.95. The first-order chi connectivity index (χ1) is 14.1. The van der Waals surface area contributed by atoms with E-state index in [0.717, 1.165) is 26.7 Å². The first kappa shape index (κ1) is 17.8. The molecular weight excluding hydrogens is 404 g/mol. The number of benzene rings is 3. The van der Waals surface area contributed by atoms with Gasteiger partial charge in [-0.15, -0.1) is 0 Å². The molecule has 1 N–H and O–H groups in total. The van der Waals surface area contributed by atoms with E-state index in [1.54, 1.807) is 4.68 Å². The highest BCUT2D eigenvalue weighted by molar-refractivity contribution is 7.20. The second kappa shape index (κ2) is 6.99. The van der Waals surface area contributed by atoms with Gasteiger partial charge in [-0.1, -0.05) is 65.4 Å². The standard InChI is InChI=1S/C22H15ClN4OS/c1-13-12-19(24-21(28)16-9-4-7-14-6-2-3-8-15(14)16)27(26-13)22-25-20-17(23)10-5-11-18(20)29-22/h2-12H,1H3,(H,24,28). The topological polar surface area (TPSA) is 59.8 Å². The Morgan fingerprint density at radius 2 is 1.86 bits per heavy atom. The summed E-state index contributed by atoms with van der Waals surface area (Å²) in [6, 6.07) is 21.0. The zero-order chi connectivity index (χ0) is 20.0. The maximum Gasteiger partial charge on any atom is 0.257 e. The smallest absolute Gasteiger partial charge is 0.257 e. The van der Waals surface area contributed by atoms with Crippen LogP contribution in [0.15, 0.2) is 66.7 Å². The molecule has 5 aromatic rings. The molecule has 7 heteroatoms. The molecule has 5 rings (SSSR count). The van der Waals surface area contributed by atoms with Crippen molar-refractivity contribution < 1.29 is 4.79 Å². The Balaban J connectivity index is 1.55. The summed E-state index contributed by atoms with van der Waals surface area (Å²) in [6.45, 7) is 1.88. The van der Waals surface area contributed by atoms with Crippen LogP contribution in [0.25, 0.3) is 26.1 Å². The van der Waals surface area contributed by atoms with Crippen molar-refractivity contribution in [1.82, 2.24) is 14.8 Å². The van der Waals surface area contributed by atoms with Gasteiger partial charge in [-0.25, -0.2) is 4.98 Å². The number of aromatic nitrogens is 3. The van der Waals surface area contributed by atoms with E-state index >= 15 is 0 Å². The van der Waals surface area contributed by atoms with Crippen LogP contribution >= 0.6 is 22.9 Å². The number of nitrogens with one attached hydrogen (secondary N) is 1. The molecule has 0 bridgehead atoms. The molecule has 3 aromatic carbocycles. The molecule has 0 spiro atoms. The summed E-state index contributed by atoms with van der Waals surface area (Å²) >= 11 is 7.74. The molecule has 0 saturated carbocycles. The fourth-order valence-corrected chi connectivity index (χ4v) is 4.57. The fourth-order valence-electron chi connectivity index (χ4n) is 3.34. The predicted octanol–water partition coefficient (Wildman–Crippen LogP) is 5.85. The summed E-state index contributed by atoms with van der Waals surface area (Å²) in [5.74, 6) is 0.373. The van der Waals surface area contributed by atoms with Crippen LogP contribution in [-0.2, 0) is 0 Å². The summed E-state index contributed by atoms with van der Waals surface area (Å²) < 4.78 is 2.62. The van der Waals surface area contributed by atoms with Crippen LogP contribution in [-0.4, -0.2) is 20.7 Å². The average Bonchev–Trinajstić information content (AvgIpc) is 3.31. The number of nitrogens with zero attached hydrogens (tertiary/aromatic N) is 3. The fraction of sp³-hybridized carbons (Fsp3) is 0.0455. The number of anilines is 1. The number of aryl methyl sites for hydroxylation is 1. The quantitative estimate of drug-likeness (QED) is 0.400. The Kier molecular flexibility index (Phi) is 4.30. The minimum atomic E-state index is -0.193. The molecule has 0 saturated heterocycles. The summed E-state index contributed by atoms with van der Waals surface area (Å²) in [4.78, 5) is 17.7. The summed E-state index contributed by atoms with van der Waals surface area (Å²) in [5, 5.41) is 10.7. The number of thiazole rings is 1. The Labute approximate surface area is 175 Å². The van der Waals surface area contributed by atoms with E-state index in [1.807, 2.05) is 73.7 Å². The van der Waals surface area contributed by atoms with Crippen molar-refractivity contribution in [3.63, 3.8) is 0 Å². The lowest BCUT2D eigenvalue weighted by molar-refractivity contribution is 0.102. The van der Waals surface area contributed by atoms with Gasteiger partial charge in [0.2, 0.25) is 5.13 Å². The van der Waals surface area contributed by atoms with Gasteiger partial charge in [-0.2, -0.15) is 9.78 Å². The van der Waals surface area contributed by atoms with Crippen molar-refractivity contribution >= 4 is 55.7 Å². The molecule has 0 unspecified atom stereocenters. The van der Waals surface area contributed by atoms with Gasteiger partial charge < -0.3 is 5.32 Å². The van der Waals surface area contributed by atoms with Crippen molar-refractivity contribution in [3.05, 3.63) is 83.0 Å². The molecule has 5 nitrogen and oxygen atoms in total. The normalized spacial score (nSPS) is 11.2. The number of halogens is 1. The molecule has 0 radical (unpaired) electrons. The largest absolute Gasteiger partial charge is 0.306 e. The van der Waals surface area contributed by atoms with Crippen molar-refractivity contribution in [3.8, 4) is 5.13 Å². The van der Waals surface area contributed by atoms with E-state index in [2.05, 4.69) is 15.4 Å². The molecule has 0 fully saturated rings. The number of para-hydroxylation sites is 1. The van der Waals surface area contributed by atoms with Crippen LogP contribution in [0.2, 0.25) is 5.02 Å². The average molecular weight is 419 g/mol. The number of amides is 1. The minimum Gasteiger partial charge on any atom is -0.306 e. The molecule has 0 aliphatic rings. The first-order valence-electron chi connectivity index (χ1n) is 9.01. The Hall–Kier alpha value is -3.22. The number of carbonyl (C=O) groups excluding carboxylic acids is 1. The number of rotatable bonds is 3. The lowest BCUT2D eigenvalue weighted by Gasteiger charge is -2.09. The van der Waals surface area contributed by atoms with Crippen LogP contribution in [0.5, 0.6) is 0 Å². The second-order valence-electron chi connectivity index (χ2n) is 6.65. The van der Waals surface area contributed by atoms with Gasteiger partial charge in [0.1, 0.15) is 11.3 Å². The Morgan fingerprint density at radius 1 is 1.07 bits per heavy atom. The van der Waals surface area contributed by atoms with E-state index in [1.165, 1.54) is 11.3 Å². The number of hydrogen-bond donors (Lipinski definition) is 1. The van der Waals surface area contributed by atoms with E-state index in [0.29, 0.717) is 21.5 Å². The zero-order valence-electron chi connectivity index (χ0n) is 15.4. The van der Waals surface area contributed by atoms with E-state index in [-0.39, 0.29) is 5.91 Å². The van der Waals surface area contributed by atoms with Gasteiger partial charge in [-0.3, -0.25) is 4.79 Å². The van der Waals surface area contributed by atoms with Crippen molar-refractivity contribution in [2.45, 2.75) is 6.92 Å². The molecule has 0 aliphatic carbocycles. The van der Waals surface area contributed by atoms with Gasteiger partial charge >= 0.3 is 0 Å². The monoisotopic (exact) mass is 418 g/mol. The lowest BCUT2D eigenvalue weighted by atomic mass is 10.0. The zero-order valence-corrected chi connectivity index (χ0v) is 17.0. The van der Waals surface area contributed by atoms with E-state index in [4.69, 9.17) is 11.6 Å². The third kappa shape index (κ3) is 3.16. The van der Waals surface area contributed by atoms with Gasteiger partial charge in [0.05, 0.1) is 15.4 Å². The van der Waals surface area contributed by atoms with Crippen LogP contribution in [0.4, 0.5) is 5.82 Å². The molecule has 29 heavy (non-hydrogen) atoms. The summed E-state index contributed by atoms with van der Waals surface area (Å²) in [5.41, 5.74) is 2.12. The molecule has 2 aromatic heterocycles. The van der Waals surface area contributed by atoms with E-state index < -0.39 is 0 Å². The van der Waals surface area contributed by atoms with Crippen molar-refractivity contribution in [2.75, 3.05) is 5.32 Å². The molecule has 0 aliphatic heterocycles. The van der Waals surface area contributed by atoms with Crippen LogP contribution in [0.1, 0.15) is 16.1 Å². The van der Waals surface area contributed by atoms with Crippen LogP contribution in [0, 0.1) is 6.92 Å². The first-order valence-corrected chi connectivity index (χ1v) is 10.2. The number of fused-ring (bicyclic) bond motifs is 2. The van der Waals surface area contributed by atoms with Gasteiger partial charge in [0.25, 0.3) is 5.91 Å². The number of hydrogen-bond acceptors (Lipinski definition) is 4. The Bertz CT molecular complexity index is 1380. The van der Waals surface area contributed by atoms with Crippen molar-refractivity contribution in [2.24, 2.45) is 0 Å². The molecule has 1 amide bonds. The summed E-state index contributed by atoms with van der Waals surface area (Å²) in [6.07, 6.45) is 0. The molecular formula is C22H15ClN4OS. The SMILES string of the molecule is Cc1cc(NC(=O)c2cccc3ccccc23)n(-c2nc3c(Cl)cccc3s2)n1. The summed E-state index contributed by atoms with van der Waals surface area (Å²) in [7, 11) is 0. The minimum absolute atomic E-state index is 0.193. The molecule has 0 atom stereocenters. The van der Waals surface area contributed by atoms with Crippen LogP contribution in [0.3, 0.4) is 0 Å². The highest BCUT2D eigenvalue weighted by Gasteiger charge is 2.17. The third-order valence-electron chi connectivity index (χ3n) is 4.65. The number of carbonyl (C=O) groups is 1. The van der Waals surface area contributed by atoms with Gasteiger partial charge in [-0.05, 0) is 35.9 Å². The lowest BCUT2D eigenvalue weighted by Crippen LogP contribution is -2.15. The maximum atomic E-state index is 13.1.